The number of hydrogen-bond donors (Lipinski definition) is 1. The van der Waals surface area contributed by atoms with Crippen LogP contribution < -0.4 is 10.5 Å². The van der Waals surface area contributed by atoms with Crippen LogP contribution in [0.15, 0.2) is 18.2 Å². The van der Waals surface area contributed by atoms with Crippen LogP contribution in [0.25, 0.3) is 10.9 Å². The molecule has 15 heavy (non-hydrogen) atoms. The Hall–Kier alpha value is -1.77. The zero-order valence-corrected chi connectivity index (χ0v) is 9.16. The lowest BCUT2D eigenvalue weighted by molar-refractivity contribution is 0.415. The molecule has 0 aliphatic carbocycles. The van der Waals surface area contributed by atoms with E-state index in [0.717, 1.165) is 27.8 Å². The zero-order chi connectivity index (χ0) is 11.0. The molecule has 0 aliphatic rings. The molecule has 0 aliphatic heterocycles. The van der Waals surface area contributed by atoms with Gasteiger partial charge in [-0.3, -0.25) is 0 Å². The molecule has 0 unspecified atom stereocenters. The Kier molecular flexibility index (Phi) is 2.23. The highest BCUT2D eigenvalue weighted by atomic mass is 16.5. The highest BCUT2D eigenvalue weighted by Crippen LogP contribution is 2.26. The number of nitrogens with zero attached hydrogens (tertiary/aromatic N) is 1. The minimum Gasteiger partial charge on any atom is -0.497 e. The van der Waals surface area contributed by atoms with Crippen molar-refractivity contribution in [1.82, 2.24) is 4.98 Å². The molecular formula is C12H14N2O. The molecule has 1 aromatic heterocycles. The predicted molar refractivity (Wildman–Crippen MR) is 62.2 cm³/mol. The van der Waals surface area contributed by atoms with Crippen LogP contribution in [0.3, 0.4) is 0 Å². The minimum absolute atomic E-state index is 0.563. The summed E-state index contributed by atoms with van der Waals surface area (Å²) in [4.78, 5) is 4.33. The number of benzene rings is 1. The van der Waals surface area contributed by atoms with Gasteiger partial charge in [0.25, 0.3) is 0 Å². The Bertz CT molecular complexity index is 521. The maximum atomic E-state index is 5.72. The van der Waals surface area contributed by atoms with Crippen molar-refractivity contribution in [2.75, 3.05) is 12.8 Å². The van der Waals surface area contributed by atoms with Crippen LogP contribution >= 0.6 is 0 Å². The number of aromatic nitrogens is 1. The third kappa shape index (κ3) is 1.61. The zero-order valence-electron chi connectivity index (χ0n) is 9.16. The molecule has 3 heteroatoms. The molecule has 2 aromatic rings. The first-order valence-electron chi connectivity index (χ1n) is 4.83. The number of ether oxygens (including phenoxy) is 1. The second kappa shape index (κ2) is 3.42. The second-order valence-electron chi connectivity index (χ2n) is 3.70. The molecule has 0 saturated carbocycles. The largest absolute Gasteiger partial charge is 0.497 e. The van der Waals surface area contributed by atoms with Gasteiger partial charge in [-0.05, 0) is 43.2 Å². The maximum absolute atomic E-state index is 5.72. The number of nitrogen functional groups attached to an aromatic ring is 1. The third-order valence-corrected chi connectivity index (χ3v) is 2.54. The molecule has 1 aromatic carbocycles. The van der Waals surface area contributed by atoms with E-state index in [-0.39, 0.29) is 0 Å². The Balaban J connectivity index is 2.85. The van der Waals surface area contributed by atoms with E-state index in [2.05, 4.69) is 4.98 Å². The minimum atomic E-state index is 0.563. The molecule has 0 fully saturated rings. The van der Waals surface area contributed by atoms with Crippen LogP contribution in [-0.2, 0) is 0 Å². The van der Waals surface area contributed by atoms with Gasteiger partial charge in [0, 0.05) is 5.39 Å². The molecule has 0 saturated heterocycles. The third-order valence-electron chi connectivity index (χ3n) is 2.54. The Morgan fingerprint density at radius 3 is 2.53 bits per heavy atom. The average molecular weight is 202 g/mol. The predicted octanol–water partition coefficient (Wildman–Crippen LogP) is 2.44. The maximum Gasteiger partial charge on any atom is 0.124 e. The first-order chi connectivity index (χ1) is 7.11. The van der Waals surface area contributed by atoms with E-state index in [1.54, 1.807) is 7.11 Å². The molecule has 2 rings (SSSR count). The molecule has 2 N–H and O–H groups in total. The Labute approximate surface area is 88.9 Å². The summed E-state index contributed by atoms with van der Waals surface area (Å²) in [6.45, 7) is 4.04. The summed E-state index contributed by atoms with van der Waals surface area (Å²) in [6.07, 6.45) is 0. The number of fused-ring (bicyclic) bond motifs is 1. The molecule has 0 bridgehead atoms. The van der Waals surface area contributed by atoms with E-state index in [1.165, 1.54) is 0 Å². The van der Waals surface area contributed by atoms with Gasteiger partial charge in [-0.1, -0.05) is 0 Å². The van der Waals surface area contributed by atoms with Gasteiger partial charge < -0.3 is 10.5 Å². The van der Waals surface area contributed by atoms with E-state index < -0.39 is 0 Å². The summed E-state index contributed by atoms with van der Waals surface area (Å²) in [7, 11) is 1.67. The van der Waals surface area contributed by atoms with Crippen molar-refractivity contribution in [2.45, 2.75) is 13.8 Å². The van der Waals surface area contributed by atoms with E-state index in [4.69, 9.17) is 10.5 Å². The van der Waals surface area contributed by atoms with Crippen molar-refractivity contribution in [3.05, 3.63) is 29.3 Å². The molecular weight excluding hydrogens is 188 g/mol. The smallest absolute Gasteiger partial charge is 0.124 e. The van der Waals surface area contributed by atoms with Gasteiger partial charge in [-0.2, -0.15) is 0 Å². The normalized spacial score (nSPS) is 10.6. The second-order valence-corrected chi connectivity index (χ2v) is 3.70. The quantitative estimate of drug-likeness (QED) is 0.772. The number of anilines is 1. The molecule has 0 spiro atoms. The van der Waals surface area contributed by atoms with Crippen molar-refractivity contribution in [3.8, 4) is 5.75 Å². The van der Waals surface area contributed by atoms with Gasteiger partial charge in [0.2, 0.25) is 0 Å². The van der Waals surface area contributed by atoms with E-state index in [0.29, 0.717) is 5.82 Å². The summed E-state index contributed by atoms with van der Waals surface area (Å²) < 4.78 is 5.23. The van der Waals surface area contributed by atoms with Crippen molar-refractivity contribution in [2.24, 2.45) is 0 Å². The number of hydrogen-bond acceptors (Lipinski definition) is 3. The monoisotopic (exact) mass is 202 g/mol. The first kappa shape index (κ1) is 9.77. The highest BCUT2D eigenvalue weighted by Gasteiger charge is 2.06. The van der Waals surface area contributed by atoms with Gasteiger partial charge in [0.1, 0.15) is 11.6 Å². The Morgan fingerprint density at radius 1 is 1.13 bits per heavy atom. The van der Waals surface area contributed by atoms with Crippen molar-refractivity contribution in [3.63, 3.8) is 0 Å². The topological polar surface area (TPSA) is 48.1 Å². The summed E-state index contributed by atoms with van der Waals surface area (Å²) in [5, 5.41) is 1.10. The summed E-state index contributed by atoms with van der Waals surface area (Å²) >= 11 is 0. The molecule has 3 nitrogen and oxygen atoms in total. The van der Waals surface area contributed by atoms with Crippen molar-refractivity contribution in [1.29, 1.82) is 0 Å². The van der Waals surface area contributed by atoms with E-state index in [9.17, 15) is 0 Å². The molecule has 0 atom stereocenters. The average Bonchev–Trinajstić information content (AvgIpc) is 2.19. The number of pyridine rings is 1. The lowest BCUT2D eigenvalue weighted by Gasteiger charge is -2.08. The summed E-state index contributed by atoms with van der Waals surface area (Å²) in [5.74, 6) is 1.42. The number of nitrogens with two attached hydrogens (primary N) is 1. The van der Waals surface area contributed by atoms with Gasteiger partial charge in [-0.15, -0.1) is 0 Å². The standard InChI is InChI=1S/C12H14N2O/c1-7-5-11(13)14-12-8(2)4-9(15-3)6-10(7)12/h4-6H,1-3H3,(H2,13,14). The lowest BCUT2D eigenvalue weighted by Crippen LogP contribution is -1.95. The van der Waals surface area contributed by atoms with Crippen molar-refractivity contribution < 1.29 is 4.74 Å². The number of methoxy groups -OCH3 is 1. The first-order valence-corrected chi connectivity index (χ1v) is 4.83. The summed E-state index contributed by atoms with van der Waals surface area (Å²) in [5.41, 5.74) is 8.88. The summed E-state index contributed by atoms with van der Waals surface area (Å²) in [6, 6.07) is 5.83. The van der Waals surface area contributed by atoms with E-state index in [1.807, 2.05) is 32.0 Å². The SMILES string of the molecule is COc1cc(C)c2nc(N)cc(C)c2c1. The molecule has 1 heterocycles. The van der Waals surface area contributed by atoms with Crippen LogP contribution in [0, 0.1) is 13.8 Å². The van der Waals surface area contributed by atoms with Crippen LogP contribution in [0.2, 0.25) is 0 Å². The number of rotatable bonds is 1. The van der Waals surface area contributed by atoms with Gasteiger partial charge >= 0.3 is 0 Å². The van der Waals surface area contributed by atoms with Gasteiger partial charge in [0.05, 0.1) is 12.6 Å². The van der Waals surface area contributed by atoms with E-state index >= 15 is 0 Å². The van der Waals surface area contributed by atoms with Crippen molar-refractivity contribution >= 4 is 16.7 Å². The molecule has 0 amide bonds. The Morgan fingerprint density at radius 2 is 1.87 bits per heavy atom. The number of aryl methyl sites for hydroxylation is 2. The fraction of sp³-hybridized carbons (Fsp3) is 0.250. The van der Waals surface area contributed by atoms with Gasteiger partial charge in [-0.25, -0.2) is 4.98 Å². The fourth-order valence-corrected chi connectivity index (χ4v) is 1.77. The fourth-order valence-electron chi connectivity index (χ4n) is 1.77. The lowest BCUT2D eigenvalue weighted by atomic mass is 10.1. The van der Waals surface area contributed by atoms with Gasteiger partial charge in [0.15, 0.2) is 0 Å². The molecule has 0 radical (unpaired) electrons. The highest BCUT2D eigenvalue weighted by molar-refractivity contribution is 5.87. The van der Waals surface area contributed by atoms with Crippen LogP contribution in [0.5, 0.6) is 5.75 Å². The van der Waals surface area contributed by atoms with Crippen LogP contribution in [0.4, 0.5) is 5.82 Å². The van der Waals surface area contributed by atoms with Crippen LogP contribution in [0.1, 0.15) is 11.1 Å². The molecule has 78 valence electrons. The van der Waals surface area contributed by atoms with Crippen LogP contribution in [-0.4, -0.2) is 12.1 Å².